The molecule has 0 aliphatic carbocycles. The van der Waals surface area contributed by atoms with Crippen molar-refractivity contribution in [3.63, 3.8) is 0 Å². The second kappa shape index (κ2) is 7.94. The first-order valence-electron chi connectivity index (χ1n) is 8.00. The highest BCUT2D eigenvalue weighted by molar-refractivity contribution is 6.06. The van der Waals surface area contributed by atoms with Crippen LogP contribution >= 0.6 is 0 Å². The first kappa shape index (κ1) is 19.4. The molecule has 1 saturated heterocycles. The van der Waals surface area contributed by atoms with E-state index >= 15 is 0 Å². The van der Waals surface area contributed by atoms with Gasteiger partial charge in [0.05, 0.1) is 6.42 Å². The van der Waals surface area contributed by atoms with Gasteiger partial charge in [0, 0.05) is 13.1 Å². The van der Waals surface area contributed by atoms with Crippen molar-refractivity contribution in [2.75, 3.05) is 13.2 Å². The number of carbonyl (C=O) groups is 4. The SMILES string of the molecule is CC1(C)NC(=O)N(CCC(=O)OCC(=O)NCc2ccc(F)cc2)C1=O. The molecule has 1 fully saturated rings. The molecule has 1 aliphatic heterocycles. The van der Waals surface area contributed by atoms with Gasteiger partial charge in [0.2, 0.25) is 0 Å². The Morgan fingerprint density at radius 3 is 2.46 bits per heavy atom. The van der Waals surface area contributed by atoms with Crippen molar-refractivity contribution in [2.24, 2.45) is 0 Å². The van der Waals surface area contributed by atoms with Gasteiger partial charge >= 0.3 is 12.0 Å². The van der Waals surface area contributed by atoms with Crippen molar-refractivity contribution in [1.82, 2.24) is 15.5 Å². The fraction of sp³-hybridized carbons (Fsp3) is 0.412. The number of hydrogen-bond donors (Lipinski definition) is 2. The number of carbonyl (C=O) groups excluding carboxylic acids is 4. The maximum Gasteiger partial charge on any atom is 0.325 e. The molecule has 0 unspecified atom stereocenters. The van der Waals surface area contributed by atoms with Crippen LogP contribution in [0.3, 0.4) is 0 Å². The number of esters is 1. The zero-order valence-corrected chi connectivity index (χ0v) is 14.5. The Hall–Kier alpha value is -2.97. The van der Waals surface area contributed by atoms with E-state index in [-0.39, 0.29) is 25.3 Å². The number of amides is 4. The maximum atomic E-state index is 12.8. The van der Waals surface area contributed by atoms with Gasteiger partial charge in [-0.1, -0.05) is 12.1 Å². The van der Waals surface area contributed by atoms with Crippen LogP contribution in [0.2, 0.25) is 0 Å². The third-order valence-electron chi connectivity index (χ3n) is 3.75. The highest BCUT2D eigenvalue weighted by atomic mass is 19.1. The average Bonchev–Trinajstić information content (AvgIpc) is 2.78. The molecule has 8 nitrogen and oxygen atoms in total. The number of halogens is 1. The van der Waals surface area contributed by atoms with E-state index < -0.39 is 36.0 Å². The van der Waals surface area contributed by atoms with Crippen LogP contribution in [0.5, 0.6) is 0 Å². The Morgan fingerprint density at radius 1 is 1.23 bits per heavy atom. The molecule has 1 heterocycles. The quantitative estimate of drug-likeness (QED) is 0.547. The molecule has 0 bridgehead atoms. The second-order valence-electron chi connectivity index (χ2n) is 6.33. The monoisotopic (exact) mass is 365 g/mol. The molecule has 0 saturated carbocycles. The van der Waals surface area contributed by atoms with Gasteiger partial charge in [-0.05, 0) is 31.5 Å². The first-order chi connectivity index (χ1) is 12.2. The molecule has 4 amide bonds. The molecular weight excluding hydrogens is 345 g/mol. The van der Waals surface area contributed by atoms with E-state index in [0.717, 1.165) is 4.90 Å². The molecule has 140 valence electrons. The summed E-state index contributed by atoms with van der Waals surface area (Å²) in [6.07, 6.45) is -0.208. The predicted molar refractivity (Wildman–Crippen MR) is 88.1 cm³/mol. The number of ether oxygens (including phenoxy) is 1. The van der Waals surface area contributed by atoms with Crippen LogP contribution < -0.4 is 10.6 Å². The van der Waals surface area contributed by atoms with Gasteiger partial charge < -0.3 is 15.4 Å². The highest BCUT2D eigenvalue weighted by Crippen LogP contribution is 2.16. The topological polar surface area (TPSA) is 105 Å². The molecule has 0 aromatic heterocycles. The van der Waals surface area contributed by atoms with Crippen LogP contribution in [-0.2, 0) is 25.7 Å². The summed E-state index contributed by atoms with van der Waals surface area (Å²) < 4.78 is 17.6. The van der Waals surface area contributed by atoms with Crippen LogP contribution in [0.25, 0.3) is 0 Å². The second-order valence-corrected chi connectivity index (χ2v) is 6.33. The number of rotatable bonds is 7. The normalized spacial score (nSPS) is 15.6. The number of nitrogens with zero attached hydrogens (tertiary/aromatic N) is 1. The molecule has 1 aromatic carbocycles. The Bertz CT molecular complexity index is 718. The largest absolute Gasteiger partial charge is 0.456 e. The van der Waals surface area contributed by atoms with Gasteiger partial charge in [-0.2, -0.15) is 0 Å². The lowest BCUT2D eigenvalue weighted by Gasteiger charge is -2.15. The smallest absolute Gasteiger partial charge is 0.325 e. The third-order valence-corrected chi connectivity index (χ3v) is 3.75. The van der Waals surface area contributed by atoms with Gasteiger partial charge in [0.25, 0.3) is 11.8 Å². The predicted octanol–water partition coefficient (Wildman–Crippen LogP) is 0.706. The van der Waals surface area contributed by atoms with Crippen molar-refractivity contribution >= 4 is 23.8 Å². The molecule has 0 spiro atoms. The molecular formula is C17H20FN3O5. The molecule has 1 aliphatic rings. The van der Waals surface area contributed by atoms with Crippen molar-refractivity contribution < 1.29 is 28.3 Å². The number of hydrogen-bond acceptors (Lipinski definition) is 5. The van der Waals surface area contributed by atoms with E-state index in [1.807, 2.05) is 0 Å². The minimum atomic E-state index is -0.999. The summed E-state index contributed by atoms with van der Waals surface area (Å²) in [6.45, 7) is 2.71. The molecule has 0 atom stereocenters. The molecule has 26 heavy (non-hydrogen) atoms. The van der Waals surface area contributed by atoms with E-state index in [1.165, 1.54) is 24.3 Å². The van der Waals surface area contributed by atoms with Gasteiger partial charge in [-0.25, -0.2) is 9.18 Å². The molecule has 1 aromatic rings. The number of imide groups is 1. The zero-order valence-electron chi connectivity index (χ0n) is 14.5. The molecule has 9 heteroatoms. The Morgan fingerprint density at radius 2 is 1.88 bits per heavy atom. The first-order valence-corrected chi connectivity index (χ1v) is 8.00. The van der Waals surface area contributed by atoms with Crippen molar-refractivity contribution in [1.29, 1.82) is 0 Å². The van der Waals surface area contributed by atoms with Gasteiger partial charge in [0.1, 0.15) is 11.4 Å². The van der Waals surface area contributed by atoms with E-state index in [9.17, 15) is 23.6 Å². The van der Waals surface area contributed by atoms with Crippen LogP contribution in [0.15, 0.2) is 24.3 Å². The van der Waals surface area contributed by atoms with Crippen molar-refractivity contribution in [2.45, 2.75) is 32.4 Å². The Labute approximate surface area is 149 Å². The number of nitrogens with one attached hydrogen (secondary N) is 2. The fourth-order valence-electron chi connectivity index (χ4n) is 2.30. The van der Waals surface area contributed by atoms with Gasteiger partial charge in [-0.15, -0.1) is 0 Å². The molecule has 2 N–H and O–H groups in total. The summed E-state index contributed by atoms with van der Waals surface area (Å²) in [5, 5.41) is 5.03. The average molecular weight is 365 g/mol. The minimum Gasteiger partial charge on any atom is -0.456 e. The van der Waals surface area contributed by atoms with E-state index in [0.29, 0.717) is 5.56 Å². The number of benzene rings is 1. The Kier molecular flexibility index (Phi) is 5.91. The summed E-state index contributed by atoms with van der Waals surface area (Å²) in [5.74, 6) is -2.01. The summed E-state index contributed by atoms with van der Waals surface area (Å²) in [7, 11) is 0. The highest BCUT2D eigenvalue weighted by Gasteiger charge is 2.44. The molecule has 2 rings (SSSR count). The third kappa shape index (κ3) is 5.01. The van der Waals surface area contributed by atoms with Gasteiger partial charge in [0.15, 0.2) is 6.61 Å². The fourth-order valence-corrected chi connectivity index (χ4v) is 2.30. The summed E-state index contributed by atoms with van der Waals surface area (Å²) in [4.78, 5) is 47.9. The molecule has 0 radical (unpaired) electrons. The van der Waals surface area contributed by atoms with Crippen LogP contribution in [-0.4, -0.2) is 47.4 Å². The summed E-state index contributed by atoms with van der Waals surface area (Å²) in [6, 6.07) is 5.05. The lowest BCUT2D eigenvalue weighted by molar-refractivity contribution is -0.149. The summed E-state index contributed by atoms with van der Waals surface area (Å²) >= 11 is 0. The van der Waals surface area contributed by atoms with E-state index in [4.69, 9.17) is 4.74 Å². The lowest BCUT2D eigenvalue weighted by atomic mass is 10.1. The van der Waals surface area contributed by atoms with E-state index in [2.05, 4.69) is 10.6 Å². The van der Waals surface area contributed by atoms with Crippen molar-refractivity contribution in [3.05, 3.63) is 35.6 Å². The van der Waals surface area contributed by atoms with Gasteiger partial charge in [-0.3, -0.25) is 19.3 Å². The van der Waals surface area contributed by atoms with Crippen molar-refractivity contribution in [3.8, 4) is 0 Å². The number of urea groups is 1. The Balaban J connectivity index is 1.68. The maximum absolute atomic E-state index is 12.8. The van der Waals surface area contributed by atoms with Crippen LogP contribution in [0.1, 0.15) is 25.8 Å². The lowest BCUT2D eigenvalue weighted by Crippen LogP contribution is -2.40. The zero-order chi connectivity index (χ0) is 19.3. The summed E-state index contributed by atoms with van der Waals surface area (Å²) in [5.41, 5.74) is -0.298. The van der Waals surface area contributed by atoms with Crippen LogP contribution in [0, 0.1) is 5.82 Å². The van der Waals surface area contributed by atoms with Crippen LogP contribution in [0.4, 0.5) is 9.18 Å². The van der Waals surface area contributed by atoms with E-state index in [1.54, 1.807) is 13.8 Å². The minimum absolute atomic E-state index is 0.121. The standard InChI is InChI=1S/C17H20FN3O5/c1-17(2)15(24)21(16(25)20-17)8-7-14(23)26-10-13(22)19-9-11-3-5-12(18)6-4-11/h3-6H,7-10H2,1-2H3,(H,19,22)(H,20,25).